The lowest BCUT2D eigenvalue weighted by molar-refractivity contribution is 0.626. The Bertz CT molecular complexity index is 479. The first kappa shape index (κ1) is 10.4. The molecule has 0 unspecified atom stereocenters. The van der Waals surface area contributed by atoms with Crippen LogP contribution in [0.1, 0.15) is 17.1 Å². The Kier molecular flexibility index (Phi) is 2.86. The molecule has 0 spiro atoms. The molecule has 0 amide bonds. The van der Waals surface area contributed by atoms with Gasteiger partial charge in [-0.25, -0.2) is 9.37 Å². The number of benzene rings is 1. The number of aromatic nitrogens is 2. The predicted octanol–water partition coefficient (Wildman–Crippen LogP) is 3.21. The Morgan fingerprint density at radius 2 is 2.27 bits per heavy atom. The third kappa shape index (κ3) is 2.45. The fourth-order valence-corrected chi connectivity index (χ4v) is 1.99. The van der Waals surface area contributed by atoms with E-state index >= 15 is 0 Å². The summed E-state index contributed by atoms with van der Waals surface area (Å²) in [6.07, 6.45) is 0.652. The van der Waals surface area contributed by atoms with Gasteiger partial charge in [-0.15, -0.1) is 0 Å². The number of imidazole rings is 1. The van der Waals surface area contributed by atoms with E-state index in [-0.39, 0.29) is 5.82 Å². The highest BCUT2D eigenvalue weighted by Gasteiger charge is 2.06. The molecule has 1 heterocycles. The number of rotatable bonds is 2. The van der Waals surface area contributed by atoms with Gasteiger partial charge in [-0.1, -0.05) is 12.1 Å². The molecule has 2 nitrogen and oxygen atoms in total. The van der Waals surface area contributed by atoms with Crippen LogP contribution in [0.3, 0.4) is 0 Å². The molecule has 4 heteroatoms. The Morgan fingerprint density at radius 1 is 1.47 bits per heavy atom. The zero-order valence-corrected chi connectivity index (χ0v) is 9.81. The van der Waals surface area contributed by atoms with Crippen LogP contribution in [0.2, 0.25) is 0 Å². The van der Waals surface area contributed by atoms with Crippen molar-refractivity contribution in [1.82, 2.24) is 9.97 Å². The molecule has 2 rings (SSSR count). The summed E-state index contributed by atoms with van der Waals surface area (Å²) >= 11 is 3.36. The van der Waals surface area contributed by atoms with E-state index in [0.717, 1.165) is 21.7 Å². The molecule has 0 saturated carbocycles. The molecule has 2 aromatic rings. The van der Waals surface area contributed by atoms with Crippen LogP contribution in [0.15, 0.2) is 28.9 Å². The molecule has 1 aromatic heterocycles. The molecule has 1 N–H and O–H groups in total. The van der Waals surface area contributed by atoms with Crippen LogP contribution in [0.5, 0.6) is 0 Å². The average molecular weight is 269 g/mol. The minimum atomic E-state index is -0.208. The van der Waals surface area contributed by atoms with Gasteiger partial charge in [0.2, 0.25) is 0 Å². The highest BCUT2D eigenvalue weighted by Crippen LogP contribution is 2.17. The van der Waals surface area contributed by atoms with Gasteiger partial charge in [0, 0.05) is 6.42 Å². The second kappa shape index (κ2) is 4.14. The van der Waals surface area contributed by atoms with E-state index < -0.39 is 0 Å². The standard InChI is InChI=1S/C11H10BrFN2/c1-7-14-10(11(12)15-7)6-8-3-2-4-9(13)5-8/h2-5H,6H2,1H3,(H,14,15). The average Bonchev–Trinajstić information content (AvgIpc) is 2.45. The molecule has 0 aliphatic carbocycles. The fraction of sp³-hybridized carbons (Fsp3) is 0.182. The highest BCUT2D eigenvalue weighted by atomic mass is 79.9. The van der Waals surface area contributed by atoms with E-state index in [2.05, 4.69) is 25.9 Å². The summed E-state index contributed by atoms with van der Waals surface area (Å²) in [5.41, 5.74) is 1.90. The number of hydrogen-bond acceptors (Lipinski definition) is 1. The normalized spacial score (nSPS) is 10.6. The molecule has 1 aromatic carbocycles. The van der Waals surface area contributed by atoms with E-state index in [4.69, 9.17) is 0 Å². The quantitative estimate of drug-likeness (QED) is 0.891. The molecular formula is C11H10BrFN2. The molecule has 0 aliphatic heterocycles. The number of halogens is 2. The Morgan fingerprint density at radius 3 is 2.87 bits per heavy atom. The number of hydrogen-bond donors (Lipinski definition) is 1. The lowest BCUT2D eigenvalue weighted by Gasteiger charge is -1.99. The van der Waals surface area contributed by atoms with E-state index in [1.165, 1.54) is 12.1 Å². The van der Waals surface area contributed by atoms with Gasteiger partial charge in [0.1, 0.15) is 16.2 Å². The number of aryl methyl sites for hydroxylation is 1. The lowest BCUT2D eigenvalue weighted by atomic mass is 10.1. The third-order valence-electron chi connectivity index (χ3n) is 2.12. The summed E-state index contributed by atoms with van der Waals surface area (Å²) < 4.78 is 13.7. The summed E-state index contributed by atoms with van der Waals surface area (Å²) in [4.78, 5) is 7.33. The van der Waals surface area contributed by atoms with Crippen LogP contribution in [0.4, 0.5) is 4.39 Å². The van der Waals surface area contributed by atoms with Gasteiger partial charge < -0.3 is 4.98 Å². The van der Waals surface area contributed by atoms with Gasteiger partial charge in [-0.2, -0.15) is 0 Å². The third-order valence-corrected chi connectivity index (χ3v) is 2.77. The second-order valence-corrected chi connectivity index (χ2v) is 4.15. The van der Waals surface area contributed by atoms with Crippen LogP contribution in [-0.2, 0) is 6.42 Å². The SMILES string of the molecule is Cc1nc(Br)c(Cc2cccc(F)c2)[nH]1. The van der Waals surface area contributed by atoms with Crippen molar-refractivity contribution >= 4 is 15.9 Å². The van der Waals surface area contributed by atoms with Crippen molar-refractivity contribution in [2.75, 3.05) is 0 Å². The fourth-order valence-electron chi connectivity index (χ4n) is 1.48. The molecule has 0 fully saturated rings. The Labute approximate surface area is 95.7 Å². The van der Waals surface area contributed by atoms with Gasteiger partial charge in [0.25, 0.3) is 0 Å². The largest absolute Gasteiger partial charge is 0.345 e. The maximum absolute atomic E-state index is 12.9. The maximum Gasteiger partial charge on any atom is 0.127 e. The molecule has 15 heavy (non-hydrogen) atoms. The van der Waals surface area contributed by atoms with Crippen molar-refractivity contribution < 1.29 is 4.39 Å². The predicted molar refractivity (Wildman–Crippen MR) is 60.2 cm³/mol. The van der Waals surface area contributed by atoms with Crippen molar-refractivity contribution in [2.24, 2.45) is 0 Å². The van der Waals surface area contributed by atoms with E-state index in [0.29, 0.717) is 6.42 Å². The van der Waals surface area contributed by atoms with Crippen molar-refractivity contribution in [2.45, 2.75) is 13.3 Å². The van der Waals surface area contributed by atoms with Gasteiger partial charge in [0.05, 0.1) is 5.69 Å². The summed E-state index contributed by atoms with van der Waals surface area (Å²) in [6.45, 7) is 1.89. The monoisotopic (exact) mass is 268 g/mol. The van der Waals surface area contributed by atoms with Crippen LogP contribution < -0.4 is 0 Å². The van der Waals surface area contributed by atoms with Gasteiger partial charge in [0.15, 0.2) is 0 Å². The maximum atomic E-state index is 12.9. The van der Waals surface area contributed by atoms with Crippen LogP contribution in [0.25, 0.3) is 0 Å². The Balaban J connectivity index is 2.25. The van der Waals surface area contributed by atoms with E-state index in [9.17, 15) is 4.39 Å². The number of nitrogens with one attached hydrogen (secondary N) is 1. The molecular weight excluding hydrogens is 259 g/mol. The van der Waals surface area contributed by atoms with Crippen LogP contribution in [-0.4, -0.2) is 9.97 Å². The summed E-state index contributed by atoms with van der Waals surface area (Å²) in [5.74, 6) is 0.646. The van der Waals surface area contributed by atoms with Crippen LogP contribution in [0, 0.1) is 12.7 Å². The zero-order chi connectivity index (χ0) is 10.8. The van der Waals surface area contributed by atoms with Crippen LogP contribution >= 0.6 is 15.9 Å². The van der Waals surface area contributed by atoms with E-state index in [1.54, 1.807) is 6.07 Å². The summed E-state index contributed by atoms with van der Waals surface area (Å²) in [5, 5.41) is 0. The van der Waals surface area contributed by atoms with Gasteiger partial charge in [-0.05, 0) is 40.5 Å². The van der Waals surface area contributed by atoms with Crippen molar-refractivity contribution in [1.29, 1.82) is 0 Å². The van der Waals surface area contributed by atoms with Gasteiger partial charge in [-0.3, -0.25) is 0 Å². The van der Waals surface area contributed by atoms with E-state index in [1.807, 2.05) is 13.0 Å². The number of nitrogens with zero attached hydrogens (tertiary/aromatic N) is 1. The minimum absolute atomic E-state index is 0.208. The molecule has 0 atom stereocenters. The second-order valence-electron chi connectivity index (χ2n) is 3.40. The zero-order valence-electron chi connectivity index (χ0n) is 8.22. The first-order valence-electron chi connectivity index (χ1n) is 4.60. The molecule has 0 radical (unpaired) electrons. The number of aromatic amines is 1. The molecule has 0 aliphatic rings. The highest BCUT2D eigenvalue weighted by molar-refractivity contribution is 9.10. The smallest absolute Gasteiger partial charge is 0.127 e. The first-order valence-corrected chi connectivity index (χ1v) is 5.40. The van der Waals surface area contributed by atoms with Crippen molar-refractivity contribution in [3.8, 4) is 0 Å². The van der Waals surface area contributed by atoms with Crippen molar-refractivity contribution in [3.05, 3.63) is 51.8 Å². The molecule has 0 bridgehead atoms. The topological polar surface area (TPSA) is 28.7 Å². The summed E-state index contributed by atoms with van der Waals surface area (Å²) in [7, 11) is 0. The molecule has 0 saturated heterocycles. The van der Waals surface area contributed by atoms with Gasteiger partial charge >= 0.3 is 0 Å². The minimum Gasteiger partial charge on any atom is -0.345 e. The summed E-state index contributed by atoms with van der Waals surface area (Å²) in [6, 6.07) is 6.58. The van der Waals surface area contributed by atoms with Crippen molar-refractivity contribution in [3.63, 3.8) is 0 Å². The number of H-pyrrole nitrogens is 1. The first-order chi connectivity index (χ1) is 7.15. The lowest BCUT2D eigenvalue weighted by Crippen LogP contribution is -1.90. The Hall–Kier alpha value is -1.16. The molecule has 78 valence electrons.